The van der Waals surface area contributed by atoms with Crippen LogP contribution < -0.4 is 0 Å². The molecule has 1 rings (SSSR count). The third-order valence-corrected chi connectivity index (χ3v) is 2.56. The molecule has 0 bridgehead atoms. The summed E-state index contributed by atoms with van der Waals surface area (Å²) in [5.74, 6) is 0. The molecular weight excluding hydrogens is 200 g/mol. The molecule has 0 heterocycles. The van der Waals surface area contributed by atoms with Gasteiger partial charge in [-0.05, 0) is 31.2 Å². The molecule has 2 nitrogen and oxygen atoms in total. The van der Waals surface area contributed by atoms with E-state index in [1.54, 1.807) is 6.08 Å². The summed E-state index contributed by atoms with van der Waals surface area (Å²) in [6, 6.07) is 9.83. The standard InChI is InChI=1S/C14H20O2/c1-2-3-9-13(15)11-14(16)10-12-7-5-4-6-8-12/h2,4-8,13-16H,1,3,9-11H2/t13-,14+/m0/s1. The number of hydrogen-bond acceptors (Lipinski definition) is 2. The summed E-state index contributed by atoms with van der Waals surface area (Å²) in [6.07, 6.45) is 3.38. The average Bonchev–Trinajstić information content (AvgIpc) is 2.27. The second-order valence-electron chi connectivity index (χ2n) is 4.10. The van der Waals surface area contributed by atoms with Crippen LogP contribution >= 0.6 is 0 Å². The van der Waals surface area contributed by atoms with Gasteiger partial charge in [-0.3, -0.25) is 0 Å². The van der Waals surface area contributed by atoms with Crippen LogP contribution in [-0.4, -0.2) is 22.4 Å². The quantitative estimate of drug-likeness (QED) is 0.692. The van der Waals surface area contributed by atoms with Gasteiger partial charge in [0.1, 0.15) is 0 Å². The molecule has 0 fully saturated rings. The van der Waals surface area contributed by atoms with Crippen molar-refractivity contribution in [2.24, 2.45) is 0 Å². The molecule has 88 valence electrons. The van der Waals surface area contributed by atoms with Gasteiger partial charge in [0.15, 0.2) is 0 Å². The maximum atomic E-state index is 9.79. The summed E-state index contributed by atoms with van der Waals surface area (Å²) < 4.78 is 0. The predicted octanol–water partition coefficient (Wildman–Crippen LogP) is 2.31. The van der Waals surface area contributed by atoms with E-state index in [4.69, 9.17) is 0 Å². The Labute approximate surface area is 97.2 Å². The Morgan fingerprint density at radius 1 is 1.12 bits per heavy atom. The van der Waals surface area contributed by atoms with Crippen LogP contribution in [0.2, 0.25) is 0 Å². The lowest BCUT2D eigenvalue weighted by atomic mass is 10.0. The summed E-state index contributed by atoms with van der Waals surface area (Å²) in [5, 5.41) is 19.4. The summed E-state index contributed by atoms with van der Waals surface area (Å²) in [5.41, 5.74) is 1.10. The largest absolute Gasteiger partial charge is 0.393 e. The second kappa shape index (κ2) is 7.20. The first-order valence-corrected chi connectivity index (χ1v) is 5.73. The first kappa shape index (κ1) is 12.9. The van der Waals surface area contributed by atoms with E-state index in [-0.39, 0.29) is 0 Å². The smallest absolute Gasteiger partial charge is 0.0605 e. The van der Waals surface area contributed by atoms with E-state index in [2.05, 4.69) is 6.58 Å². The third kappa shape index (κ3) is 5.10. The monoisotopic (exact) mass is 220 g/mol. The van der Waals surface area contributed by atoms with Crippen LogP contribution in [0.1, 0.15) is 24.8 Å². The van der Waals surface area contributed by atoms with Crippen molar-refractivity contribution in [2.75, 3.05) is 0 Å². The van der Waals surface area contributed by atoms with Crippen molar-refractivity contribution in [2.45, 2.75) is 37.9 Å². The van der Waals surface area contributed by atoms with Gasteiger partial charge in [0.2, 0.25) is 0 Å². The summed E-state index contributed by atoms with van der Waals surface area (Å²) in [4.78, 5) is 0. The molecule has 0 aliphatic carbocycles. The van der Waals surface area contributed by atoms with E-state index in [0.29, 0.717) is 19.3 Å². The molecule has 0 aromatic heterocycles. The fourth-order valence-electron chi connectivity index (χ4n) is 1.71. The number of aliphatic hydroxyl groups is 2. The summed E-state index contributed by atoms with van der Waals surface area (Å²) in [7, 11) is 0. The number of allylic oxidation sites excluding steroid dienone is 1. The Morgan fingerprint density at radius 3 is 2.44 bits per heavy atom. The fraction of sp³-hybridized carbons (Fsp3) is 0.429. The molecule has 0 saturated heterocycles. The van der Waals surface area contributed by atoms with E-state index in [0.717, 1.165) is 12.0 Å². The van der Waals surface area contributed by atoms with Crippen LogP contribution in [0.25, 0.3) is 0 Å². The molecule has 16 heavy (non-hydrogen) atoms. The van der Waals surface area contributed by atoms with Crippen molar-refractivity contribution >= 4 is 0 Å². The van der Waals surface area contributed by atoms with E-state index < -0.39 is 12.2 Å². The maximum Gasteiger partial charge on any atom is 0.0605 e. The Kier molecular flexibility index (Phi) is 5.83. The van der Waals surface area contributed by atoms with Gasteiger partial charge >= 0.3 is 0 Å². The number of hydrogen-bond donors (Lipinski definition) is 2. The highest BCUT2D eigenvalue weighted by atomic mass is 16.3. The molecule has 0 amide bonds. The number of benzene rings is 1. The molecule has 0 unspecified atom stereocenters. The zero-order chi connectivity index (χ0) is 11.8. The van der Waals surface area contributed by atoms with Gasteiger partial charge in [0.05, 0.1) is 12.2 Å². The van der Waals surface area contributed by atoms with Gasteiger partial charge in [-0.15, -0.1) is 6.58 Å². The highest BCUT2D eigenvalue weighted by Gasteiger charge is 2.11. The van der Waals surface area contributed by atoms with Crippen LogP contribution in [0.15, 0.2) is 43.0 Å². The Morgan fingerprint density at radius 2 is 1.81 bits per heavy atom. The molecule has 2 N–H and O–H groups in total. The lowest BCUT2D eigenvalue weighted by Crippen LogP contribution is -2.19. The normalized spacial score (nSPS) is 14.4. The van der Waals surface area contributed by atoms with E-state index >= 15 is 0 Å². The van der Waals surface area contributed by atoms with Gasteiger partial charge < -0.3 is 10.2 Å². The van der Waals surface area contributed by atoms with Crippen LogP contribution in [0, 0.1) is 0 Å². The van der Waals surface area contributed by atoms with Gasteiger partial charge in [0, 0.05) is 0 Å². The molecule has 0 spiro atoms. The SMILES string of the molecule is C=CCC[C@H](O)C[C@H](O)Cc1ccccc1. The predicted molar refractivity (Wildman–Crippen MR) is 66.2 cm³/mol. The lowest BCUT2D eigenvalue weighted by molar-refractivity contribution is 0.0765. The van der Waals surface area contributed by atoms with Crippen LogP contribution in [0.3, 0.4) is 0 Å². The van der Waals surface area contributed by atoms with Gasteiger partial charge in [-0.2, -0.15) is 0 Å². The van der Waals surface area contributed by atoms with Crippen molar-refractivity contribution in [3.63, 3.8) is 0 Å². The first-order chi connectivity index (χ1) is 7.72. The molecule has 2 atom stereocenters. The van der Waals surface area contributed by atoms with E-state index in [1.165, 1.54) is 0 Å². The van der Waals surface area contributed by atoms with Crippen molar-refractivity contribution < 1.29 is 10.2 Å². The van der Waals surface area contributed by atoms with Gasteiger partial charge in [-0.1, -0.05) is 36.4 Å². The molecule has 1 aromatic rings. The molecule has 2 heteroatoms. The Bertz CT molecular complexity index is 295. The van der Waals surface area contributed by atoms with Crippen molar-refractivity contribution in [3.8, 4) is 0 Å². The van der Waals surface area contributed by atoms with Crippen molar-refractivity contribution in [1.29, 1.82) is 0 Å². The number of rotatable bonds is 7. The fourth-order valence-corrected chi connectivity index (χ4v) is 1.71. The first-order valence-electron chi connectivity index (χ1n) is 5.73. The minimum atomic E-state index is -0.470. The zero-order valence-electron chi connectivity index (χ0n) is 9.55. The highest BCUT2D eigenvalue weighted by molar-refractivity contribution is 5.15. The van der Waals surface area contributed by atoms with Crippen LogP contribution in [0.4, 0.5) is 0 Å². The second-order valence-corrected chi connectivity index (χ2v) is 4.10. The molecule has 0 saturated carbocycles. The molecule has 1 aromatic carbocycles. The van der Waals surface area contributed by atoms with Crippen LogP contribution in [-0.2, 0) is 6.42 Å². The Balaban J connectivity index is 2.30. The Hall–Kier alpha value is -1.12. The molecule has 0 radical (unpaired) electrons. The topological polar surface area (TPSA) is 40.5 Å². The zero-order valence-corrected chi connectivity index (χ0v) is 9.55. The van der Waals surface area contributed by atoms with Crippen molar-refractivity contribution in [1.82, 2.24) is 0 Å². The van der Waals surface area contributed by atoms with E-state index in [9.17, 15) is 10.2 Å². The highest BCUT2D eigenvalue weighted by Crippen LogP contribution is 2.10. The summed E-state index contributed by atoms with van der Waals surface area (Å²) in [6.45, 7) is 3.61. The number of aliphatic hydroxyl groups excluding tert-OH is 2. The van der Waals surface area contributed by atoms with Gasteiger partial charge in [-0.25, -0.2) is 0 Å². The average molecular weight is 220 g/mol. The lowest BCUT2D eigenvalue weighted by Gasteiger charge is -2.15. The third-order valence-electron chi connectivity index (χ3n) is 2.56. The summed E-state index contributed by atoms with van der Waals surface area (Å²) >= 11 is 0. The molecule has 0 aliphatic heterocycles. The molecular formula is C14H20O2. The minimum absolute atomic E-state index is 0.433. The molecule has 0 aliphatic rings. The minimum Gasteiger partial charge on any atom is -0.393 e. The maximum absolute atomic E-state index is 9.79. The van der Waals surface area contributed by atoms with Crippen molar-refractivity contribution in [3.05, 3.63) is 48.6 Å². The van der Waals surface area contributed by atoms with Crippen LogP contribution in [0.5, 0.6) is 0 Å². The van der Waals surface area contributed by atoms with Gasteiger partial charge in [0.25, 0.3) is 0 Å². The van der Waals surface area contributed by atoms with E-state index in [1.807, 2.05) is 30.3 Å².